The molecule has 22 heavy (non-hydrogen) atoms. The van der Waals surface area contributed by atoms with E-state index in [-0.39, 0.29) is 0 Å². The molecule has 1 heteroatoms. The third-order valence-corrected chi connectivity index (χ3v) is 4.89. The summed E-state index contributed by atoms with van der Waals surface area (Å²) >= 11 is 0. The van der Waals surface area contributed by atoms with E-state index in [2.05, 4.69) is 55.5 Å². The summed E-state index contributed by atoms with van der Waals surface area (Å²) in [7, 11) is 0. The van der Waals surface area contributed by atoms with Gasteiger partial charge in [0.05, 0.1) is 0 Å². The van der Waals surface area contributed by atoms with Gasteiger partial charge in [-0.2, -0.15) is 0 Å². The Morgan fingerprint density at radius 3 is 2.23 bits per heavy atom. The molecule has 2 atom stereocenters. The van der Waals surface area contributed by atoms with Crippen LogP contribution in [0.4, 0.5) is 0 Å². The number of hydrogen-bond acceptors (Lipinski definition) is 1. The van der Waals surface area contributed by atoms with E-state index < -0.39 is 0 Å². The Morgan fingerprint density at radius 2 is 1.59 bits per heavy atom. The van der Waals surface area contributed by atoms with E-state index in [4.69, 9.17) is 0 Å². The van der Waals surface area contributed by atoms with Crippen molar-refractivity contribution in [1.82, 2.24) is 0 Å². The smallest absolute Gasteiger partial charge is 0.136 e. The zero-order chi connectivity index (χ0) is 15.4. The summed E-state index contributed by atoms with van der Waals surface area (Å²) in [4.78, 5) is 12.3. The number of rotatable bonds is 4. The van der Waals surface area contributed by atoms with Crippen LogP contribution in [0.25, 0.3) is 11.1 Å². The molecule has 0 radical (unpaired) electrons. The van der Waals surface area contributed by atoms with E-state index in [9.17, 15) is 4.79 Å². The van der Waals surface area contributed by atoms with Gasteiger partial charge in [0, 0.05) is 12.3 Å². The van der Waals surface area contributed by atoms with E-state index in [0.29, 0.717) is 17.6 Å². The van der Waals surface area contributed by atoms with Crippen LogP contribution in [0.2, 0.25) is 0 Å². The van der Waals surface area contributed by atoms with Crippen LogP contribution in [0.1, 0.15) is 50.5 Å². The topological polar surface area (TPSA) is 17.1 Å². The van der Waals surface area contributed by atoms with Crippen molar-refractivity contribution in [2.24, 2.45) is 5.92 Å². The van der Waals surface area contributed by atoms with Crippen LogP contribution in [-0.4, -0.2) is 5.78 Å². The van der Waals surface area contributed by atoms with Crippen molar-refractivity contribution in [3.8, 4) is 11.1 Å². The van der Waals surface area contributed by atoms with Crippen molar-refractivity contribution in [2.75, 3.05) is 0 Å². The van der Waals surface area contributed by atoms with Crippen LogP contribution in [-0.2, 0) is 4.79 Å². The molecule has 1 aliphatic carbocycles. The summed E-state index contributed by atoms with van der Waals surface area (Å²) in [5.74, 6) is 1.22. The second-order valence-electron chi connectivity index (χ2n) is 6.42. The van der Waals surface area contributed by atoms with Gasteiger partial charge >= 0.3 is 0 Å². The first-order valence-corrected chi connectivity index (χ1v) is 8.46. The summed E-state index contributed by atoms with van der Waals surface area (Å²) in [6.45, 7) is 2.17. The predicted octanol–water partition coefficient (Wildman–Crippen LogP) is 5.61. The molecular weight excluding hydrogens is 268 g/mol. The molecule has 1 fully saturated rings. The van der Waals surface area contributed by atoms with E-state index in [1.807, 2.05) is 6.07 Å². The molecule has 0 N–H and O–H groups in total. The SMILES string of the molecule is CCC[C@H]1CC[C@H](c2ccc(-c3ccccc3)cc2)CC1=O. The zero-order valence-corrected chi connectivity index (χ0v) is 13.3. The van der Waals surface area contributed by atoms with Gasteiger partial charge in [-0.15, -0.1) is 0 Å². The lowest BCUT2D eigenvalue weighted by Crippen LogP contribution is -2.23. The number of carbonyl (C=O) groups excluding carboxylic acids is 1. The van der Waals surface area contributed by atoms with Crippen LogP contribution in [0.15, 0.2) is 54.6 Å². The average molecular weight is 292 g/mol. The maximum Gasteiger partial charge on any atom is 0.136 e. The second-order valence-corrected chi connectivity index (χ2v) is 6.42. The maximum absolute atomic E-state index is 12.3. The van der Waals surface area contributed by atoms with E-state index in [1.165, 1.54) is 16.7 Å². The molecule has 2 aromatic rings. The van der Waals surface area contributed by atoms with Gasteiger partial charge in [-0.3, -0.25) is 4.79 Å². The lowest BCUT2D eigenvalue weighted by Gasteiger charge is -2.27. The molecule has 0 saturated heterocycles. The molecule has 0 heterocycles. The molecule has 0 aliphatic heterocycles. The van der Waals surface area contributed by atoms with Crippen LogP contribution in [0, 0.1) is 5.92 Å². The summed E-state index contributed by atoms with van der Waals surface area (Å²) in [5, 5.41) is 0. The molecule has 0 amide bonds. The molecule has 0 unspecified atom stereocenters. The number of benzene rings is 2. The van der Waals surface area contributed by atoms with Crippen molar-refractivity contribution < 1.29 is 4.79 Å². The van der Waals surface area contributed by atoms with Gasteiger partial charge in [-0.05, 0) is 41.9 Å². The van der Waals surface area contributed by atoms with Crippen LogP contribution in [0.3, 0.4) is 0 Å². The highest BCUT2D eigenvalue weighted by molar-refractivity contribution is 5.82. The fourth-order valence-electron chi connectivity index (χ4n) is 3.59. The Morgan fingerprint density at radius 1 is 0.909 bits per heavy atom. The summed E-state index contributed by atoms with van der Waals surface area (Å²) in [6.07, 6.45) is 5.14. The quantitative estimate of drug-likeness (QED) is 0.716. The molecule has 114 valence electrons. The fraction of sp³-hybridized carbons (Fsp3) is 0.381. The van der Waals surface area contributed by atoms with Gasteiger partial charge in [-0.1, -0.05) is 67.9 Å². The number of carbonyl (C=O) groups is 1. The molecule has 0 spiro atoms. The average Bonchev–Trinajstić information content (AvgIpc) is 2.58. The van der Waals surface area contributed by atoms with Crippen molar-refractivity contribution in [2.45, 2.75) is 44.9 Å². The zero-order valence-electron chi connectivity index (χ0n) is 13.3. The Bertz CT molecular complexity index is 612. The van der Waals surface area contributed by atoms with Crippen molar-refractivity contribution in [3.63, 3.8) is 0 Å². The molecular formula is C21H24O. The lowest BCUT2D eigenvalue weighted by atomic mass is 9.76. The van der Waals surface area contributed by atoms with Crippen LogP contribution >= 0.6 is 0 Å². The number of Topliss-reactive ketones (excluding diaryl/α,β-unsaturated/α-hetero) is 1. The highest BCUT2D eigenvalue weighted by Crippen LogP contribution is 2.36. The Kier molecular flexibility index (Phi) is 4.72. The summed E-state index contributed by atoms with van der Waals surface area (Å²) < 4.78 is 0. The van der Waals surface area contributed by atoms with E-state index >= 15 is 0 Å². The monoisotopic (exact) mass is 292 g/mol. The van der Waals surface area contributed by atoms with Gasteiger partial charge in [0.1, 0.15) is 5.78 Å². The van der Waals surface area contributed by atoms with Crippen LogP contribution < -0.4 is 0 Å². The van der Waals surface area contributed by atoms with Crippen molar-refractivity contribution >= 4 is 5.78 Å². The minimum atomic E-state index is 0.324. The summed E-state index contributed by atoms with van der Waals surface area (Å²) in [6, 6.07) is 19.2. The van der Waals surface area contributed by atoms with E-state index in [1.54, 1.807) is 0 Å². The third kappa shape index (κ3) is 3.30. The summed E-state index contributed by atoms with van der Waals surface area (Å²) in [5.41, 5.74) is 3.81. The molecule has 1 saturated carbocycles. The Balaban J connectivity index is 1.70. The normalized spacial score (nSPS) is 21.8. The van der Waals surface area contributed by atoms with E-state index in [0.717, 1.165) is 32.1 Å². The molecule has 0 bridgehead atoms. The van der Waals surface area contributed by atoms with Crippen LogP contribution in [0.5, 0.6) is 0 Å². The molecule has 0 aromatic heterocycles. The maximum atomic E-state index is 12.3. The van der Waals surface area contributed by atoms with Crippen molar-refractivity contribution in [1.29, 1.82) is 0 Å². The highest BCUT2D eigenvalue weighted by Gasteiger charge is 2.28. The first-order valence-electron chi connectivity index (χ1n) is 8.46. The minimum Gasteiger partial charge on any atom is -0.299 e. The van der Waals surface area contributed by atoms with Gasteiger partial charge in [0.25, 0.3) is 0 Å². The fourth-order valence-corrected chi connectivity index (χ4v) is 3.59. The Labute approximate surface area is 133 Å². The molecule has 3 rings (SSSR count). The predicted molar refractivity (Wildman–Crippen MR) is 91.9 cm³/mol. The van der Waals surface area contributed by atoms with Gasteiger partial charge < -0.3 is 0 Å². The van der Waals surface area contributed by atoms with Gasteiger partial charge in [0.15, 0.2) is 0 Å². The number of hydrogen-bond donors (Lipinski definition) is 0. The third-order valence-electron chi connectivity index (χ3n) is 4.89. The van der Waals surface area contributed by atoms with Gasteiger partial charge in [0.2, 0.25) is 0 Å². The molecule has 2 aromatic carbocycles. The molecule has 1 nitrogen and oxygen atoms in total. The minimum absolute atomic E-state index is 0.324. The highest BCUT2D eigenvalue weighted by atomic mass is 16.1. The second kappa shape index (κ2) is 6.91. The van der Waals surface area contributed by atoms with Crippen molar-refractivity contribution in [3.05, 3.63) is 60.2 Å². The largest absolute Gasteiger partial charge is 0.299 e. The lowest BCUT2D eigenvalue weighted by molar-refractivity contribution is -0.125. The standard InChI is InChI=1S/C21H24O/c1-2-6-19-13-14-20(15-21(19)22)18-11-9-17(10-12-18)16-7-4-3-5-8-16/h3-5,7-12,19-20H,2,6,13-15H2,1H3/t19-,20-/m0/s1. The first-order chi connectivity index (χ1) is 10.8. The first kappa shape index (κ1) is 15.0. The number of ketones is 1. The molecule has 1 aliphatic rings. The van der Waals surface area contributed by atoms with Gasteiger partial charge in [-0.25, -0.2) is 0 Å². The Hall–Kier alpha value is -1.89.